The van der Waals surface area contributed by atoms with Crippen LogP contribution in [0.4, 0.5) is 158 Å². The van der Waals surface area contributed by atoms with Crippen LogP contribution in [0.5, 0.6) is 0 Å². The fourth-order valence-electron chi connectivity index (χ4n) is 9.58. The molecule has 0 bridgehead atoms. The third kappa shape index (κ3) is 12.2. The molecule has 42 heteroatoms. The van der Waals surface area contributed by atoms with Crippen molar-refractivity contribution in [3.05, 3.63) is 117 Å². The Hall–Kier alpha value is -4.81. The SMILES string of the molecule is COC(c1cc([B-](c2cc(C(F)(F)F)cc(C(OC)(C(F)(F)F)C(F)(F)F)c2)(c2cc(C(F)(F)F)cc(C(OC)(C(F)(F)F)C(F)(F)F)c2)c2cc(C(F)(F)F)cc(C(OC)(C(F)(F)F)C(F)(F)F)c2)cc(C(F)(F)F)c1)(C(F)(F)F)C(F)(F)F.[Tl+]. The minimum Gasteiger partial charge on any atom is -0.357 e. The molecule has 0 fully saturated rings. The Bertz CT molecular complexity index is 2600. The second-order valence-corrected chi connectivity index (χ2v) is 17.8. The molecule has 0 N–H and O–H groups in total. The van der Waals surface area contributed by atoms with Crippen molar-refractivity contribution in [1.29, 1.82) is 0 Å². The number of rotatable bonds is 12. The molecule has 0 aromatic heterocycles. The molecule has 0 amide bonds. The summed E-state index contributed by atoms with van der Waals surface area (Å²) in [5, 5.41) is 0. The van der Waals surface area contributed by atoms with Gasteiger partial charge in [-0.1, -0.05) is 48.5 Å². The van der Waals surface area contributed by atoms with E-state index in [2.05, 4.69) is 18.9 Å². The van der Waals surface area contributed by atoms with E-state index < -0.39 is 270 Å². The molecule has 4 nitrogen and oxygen atoms in total. The summed E-state index contributed by atoms with van der Waals surface area (Å²) in [6.07, 6.45) is -95.4. The summed E-state index contributed by atoms with van der Waals surface area (Å²) in [7, 11) is -3.14. The van der Waals surface area contributed by atoms with Gasteiger partial charge in [-0.25, -0.2) is 0 Å². The first kappa shape index (κ1) is 75.4. The van der Waals surface area contributed by atoms with E-state index >= 15 is 158 Å². The molecular formula is C44H24BF36O4Tl. The summed E-state index contributed by atoms with van der Waals surface area (Å²) in [5.41, 5.74) is -68.0. The maximum absolute atomic E-state index is 15.2. The van der Waals surface area contributed by atoms with Gasteiger partial charge in [0.25, 0.3) is 22.4 Å². The summed E-state index contributed by atoms with van der Waals surface area (Å²) >= 11 is 0. The Morgan fingerprint density at radius 2 is 0.326 bits per heavy atom. The zero-order valence-corrected chi connectivity index (χ0v) is 45.8. The summed E-state index contributed by atoms with van der Waals surface area (Å²) in [6, 6.07) is -17.6. The molecule has 0 radical (unpaired) electrons. The molecule has 4 aromatic rings. The van der Waals surface area contributed by atoms with Crippen LogP contribution in [-0.2, 0) is 66.1 Å². The van der Waals surface area contributed by atoms with E-state index in [9.17, 15) is 0 Å². The van der Waals surface area contributed by atoms with Crippen LogP contribution in [0, 0.1) is 0 Å². The second kappa shape index (κ2) is 22.6. The van der Waals surface area contributed by atoms with Gasteiger partial charge in [0.1, 0.15) is 6.15 Å². The molecule has 0 spiro atoms. The van der Waals surface area contributed by atoms with Crippen LogP contribution < -0.4 is 21.9 Å². The topological polar surface area (TPSA) is 36.9 Å². The number of methoxy groups -OCH3 is 4. The van der Waals surface area contributed by atoms with E-state index in [-0.39, 0.29) is 27.3 Å². The second-order valence-electron chi connectivity index (χ2n) is 17.8. The molecule has 0 atom stereocenters. The van der Waals surface area contributed by atoms with Gasteiger partial charge < -0.3 is 18.9 Å². The Morgan fingerprint density at radius 3 is 0.419 bits per heavy atom. The molecule has 0 heterocycles. The Morgan fingerprint density at radius 1 is 0.209 bits per heavy atom. The predicted octanol–water partition coefficient (Wildman–Crippen LogP) is 14.6. The first-order valence-electron chi connectivity index (χ1n) is 21.3. The minimum absolute atomic E-state index is 0. The van der Waals surface area contributed by atoms with Crippen molar-refractivity contribution in [2.75, 3.05) is 28.4 Å². The van der Waals surface area contributed by atoms with E-state index in [0.29, 0.717) is 0 Å². The predicted molar refractivity (Wildman–Crippen MR) is 219 cm³/mol. The third-order valence-electron chi connectivity index (χ3n) is 13.2. The zero-order chi connectivity index (χ0) is 66.7. The van der Waals surface area contributed by atoms with Crippen molar-refractivity contribution in [2.24, 2.45) is 0 Å². The van der Waals surface area contributed by atoms with Crippen LogP contribution in [0.25, 0.3) is 0 Å². The fourth-order valence-corrected chi connectivity index (χ4v) is 9.58. The first-order valence-corrected chi connectivity index (χ1v) is 21.3. The Balaban J connectivity index is 0.0000194. The van der Waals surface area contributed by atoms with Crippen molar-refractivity contribution in [2.45, 2.75) is 96.5 Å². The van der Waals surface area contributed by atoms with Gasteiger partial charge in [0.2, 0.25) is 0 Å². The number of halogens is 36. The summed E-state index contributed by atoms with van der Waals surface area (Å²) < 4.78 is 559. The van der Waals surface area contributed by atoms with Crippen molar-refractivity contribution in [3.8, 4) is 0 Å². The average molecular weight is 1520 g/mol. The molecule has 0 aliphatic heterocycles. The molecule has 4 aromatic carbocycles. The number of alkyl halides is 36. The van der Waals surface area contributed by atoms with Crippen LogP contribution in [0.3, 0.4) is 0 Å². The molecule has 86 heavy (non-hydrogen) atoms. The van der Waals surface area contributed by atoms with Crippen molar-refractivity contribution >= 4 is 55.3 Å². The molecule has 482 valence electrons. The fraction of sp³-hybridized carbons (Fsp3) is 0.455. The van der Waals surface area contributed by atoms with Gasteiger partial charge in [0, 0.05) is 28.4 Å². The van der Waals surface area contributed by atoms with E-state index in [4.69, 9.17) is 0 Å². The monoisotopic (exact) mass is 1520 g/mol. The van der Waals surface area contributed by atoms with E-state index in [1.807, 2.05) is 0 Å². The molecule has 4 rings (SSSR count). The van der Waals surface area contributed by atoms with Crippen LogP contribution in [-0.4, -0.2) is 111 Å². The van der Waals surface area contributed by atoms with Gasteiger partial charge in [0.15, 0.2) is 0 Å². The van der Waals surface area contributed by atoms with Gasteiger partial charge in [-0.05, 0) is 46.5 Å². The maximum atomic E-state index is 15.2. The third-order valence-corrected chi connectivity index (χ3v) is 13.2. The van der Waals surface area contributed by atoms with Gasteiger partial charge in [-0.15, -0.1) is 0 Å². The van der Waals surface area contributed by atoms with Crippen LogP contribution >= 0.6 is 0 Å². The number of hydrogen-bond donors (Lipinski definition) is 0. The molecule has 0 aliphatic rings. The normalized spacial score (nSPS) is 15.1. The van der Waals surface area contributed by atoms with E-state index in [1.165, 1.54) is 0 Å². The largest absolute Gasteiger partial charge is 1.00 e. The minimum atomic E-state index is -7.54. The van der Waals surface area contributed by atoms with Gasteiger partial charge in [0.05, 0.1) is 22.3 Å². The van der Waals surface area contributed by atoms with E-state index in [1.54, 1.807) is 0 Å². The quantitative estimate of drug-likeness (QED) is 0.105. The van der Waals surface area contributed by atoms with Gasteiger partial charge in [-0.2, -0.15) is 180 Å². The summed E-state index contributed by atoms with van der Waals surface area (Å²) in [6.45, 7) is 0. The van der Waals surface area contributed by atoms with Crippen molar-refractivity contribution in [1.82, 2.24) is 0 Å². The molecule has 0 aliphatic carbocycles. The summed E-state index contributed by atoms with van der Waals surface area (Å²) in [5.74, 6) is 0. The van der Waals surface area contributed by atoms with Crippen molar-refractivity contribution in [3.63, 3.8) is 0 Å². The van der Waals surface area contributed by atoms with Gasteiger partial charge in [-0.3, -0.25) is 0 Å². The number of ether oxygens (including phenoxy) is 4. The average Bonchev–Trinajstić information content (AvgIpc) is 0.707. The summed E-state index contributed by atoms with van der Waals surface area (Å²) in [4.78, 5) is 0. The molecule has 0 unspecified atom stereocenters. The Labute approximate surface area is 473 Å². The van der Waals surface area contributed by atoms with Gasteiger partial charge >= 0.3 is 101 Å². The standard InChI is InChI=1S/C44H24BF36O4.Tl/c1-82-29(37(58,59)60,38(61,62)63)17-5-21(33(46,47)48)13-25(9-17)45(26-10-18(6-22(14-26)34(49,50)51)30(83-2,39(64,65)66)40(67,68)69,27-11-19(7-23(15-27)35(52,53)54)31(84-3,41(70,71)72)42(73,74)75)28-12-20(8-24(16-28)36(55,56)57)32(85-4,43(76,77)78)44(79,80)81;/h5-16H,1-4H3;/q-1;+1. The van der Waals surface area contributed by atoms with Crippen molar-refractivity contribution < 1.29 is 177 Å². The first-order chi connectivity index (χ1) is 37.5. The smallest absolute Gasteiger partial charge is 0.357 e. The van der Waals surface area contributed by atoms with Crippen LogP contribution in [0.15, 0.2) is 72.8 Å². The molecule has 0 saturated heterocycles. The van der Waals surface area contributed by atoms with Crippen LogP contribution in [0.1, 0.15) is 44.5 Å². The molecule has 0 saturated carbocycles. The number of benzene rings is 4. The number of hydrogen-bond acceptors (Lipinski definition) is 4. The zero-order valence-electron chi connectivity index (χ0n) is 41.3. The van der Waals surface area contributed by atoms with E-state index in [0.717, 1.165) is 0 Å². The maximum Gasteiger partial charge on any atom is 1.00 e. The Kier molecular flexibility index (Phi) is 19.8. The molecular weight excluding hydrogens is 1490 g/mol. The van der Waals surface area contributed by atoms with Crippen LogP contribution in [0.2, 0.25) is 0 Å².